The fourth-order valence-corrected chi connectivity index (χ4v) is 1.84. The van der Waals surface area contributed by atoms with Crippen molar-refractivity contribution in [1.82, 2.24) is 9.78 Å². The number of nitrogens with zero attached hydrogens (tertiary/aromatic N) is 1. The lowest BCUT2D eigenvalue weighted by atomic mass is 10.1. The SMILES string of the molecule is Cc1cc(=O)n(C(C)c2ccc(Cl)cc2)[nH]1. The Morgan fingerprint density at radius 3 is 2.44 bits per heavy atom. The maximum Gasteiger partial charge on any atom is 0.267 e. The highest BCUT2D eigenvalue weighted by atomic mass is 35.5. The molecular formula is C12H13ClN2O. The molecule has 0 amide bonds. The number of benzene rings is 1. The Kier molecular flexibility index (Phi) is 2.88. The van der Waals surface area contributed by atoms with E-state index in [9.17, 15) is 4.79 Å². The lowest BCUT2D eigenvalue weighted by Gasteiger charge is -2.12. The van der Waals surface area contributed by atoms with Gasteiger partial charge in [0.1, 0.15) is 0 Å². The fourth-order valence-electron chi connectivity index (χ4n) is 1.71. The third kappa shape index (κ3) is 2.04. The van der Waals surface area contributed by atoms with Crippen LogP contribution in [-0.2, 0) is 0 Å². The molecule has 0 aliphatic carbocycles. The molecule has 16 heavy (non-hydrogen) atoms. The summed E-state index contributed by atoms with van der Waals surface area (Å²) in [6.45, 7) is 3.84. The molecule has 0 spiro atoms. The van der Waals surface area contributed by atoms with E-state index in [0.717, 1.165) is 11.3 Å². The number of aromatic amines is 1. The van der Waals surface area contributed by atoms with Crippen molar-refractivity contribution in [3.8, 4) is 0 Å². The Morgan fingerprint density at radius 2 is 1.94 bits per heavy atom. The molecule has 0 bridgehead atoms. The van der Waals surface area contributed by atoms with Crippen molar-refractivity contribution >= 4 is 11.6 Å². The highest BCUT2D eigenvalue weighted by molar-refractivity contribution is 6.30. The van der Waals surface area contributed by atoms with Crippen molar-refractivity contribution in [3.63, 3.8) is 0 Å². The van der Waals surface area contributed by atoms with Crippen molar-refractivity contribution in [2.75, 3.05) is 0 Å². The van der Waals surface area contributed by atoms with E-state index >= 15 is 0 Å². The van der Waals surface area contributed by atoms with Crippen LogP contribution in [-0.4, -0.2) is 9.78 Å². The summed E-state index contributed by atoms with van der Waals surface area (Å²) >= 11 is 5.82. The second-order valence-corrected chi connectivity index (χ2v) is 4.31. The molecular weight excluding hydrogens is 224 g/mol. The number of rotatable bonds is 2. The summed E-state index contributed by atoms with van der Waals surface area (Å²) in [5.41, 5.74) is 1.90. The minimum atomic E-state index is -0.0153. The Balaban J connectivity index is 2.38. The summed E-state index contributed by atoms with van der Waals surface area (Å²) in [5, 5.41) is 3.73. The van der Waals surface area contributed by atoms with E-state index in [1.807, 2.05) is 38.1 Å². The van der Waals surface area contributed by atoms with Gasteiger partial charge in [-0.1, -0.05) is 23.7 Å². The zero-order valence-electron chi connectivity index (χ0n) is 9.20. The van der Waals surface area contributed by atoms with Gasteiger partial charge in [0, 0.05) is 16.8 Å². The van der Waals surface area contributed by atoms with Crippen LogP contribution >= 0.6 is 11.6 Å². The molecule has 84 valence electrons. The number of hydrogen-bond donors (Lipinski definition) is 1. The molecule has 1 aromatic carbocycles. The average molecular weight is 237 g/mol. The molecule has 1 N–H and O–H groups in total. The van der Waals surface area contributed by atoms with E-state index in [2.05, 4.69) is 5.10 Å². The molecule has 0 saturated heterocycles. The van der Waals surface area contributed by atoms with Crippen molar-refractivity contribution in [2.45, 2.75) is 19.9 Å². The van der Waals surface area contributed by atoms with E-state index in [0.29, 0.717) is 5.02 Å². The number of H-pyrrole nitrogens is 1. The quantitative estimate of drug-likeness (QED) is 0.856. The first-order valence-corrected chi connectivity index (χ1v) is 5.49. The number of aromatic nitrogens is 2. The highest BCUT2D eigenvalue weighted by Gasteiger charge is 2.10. The number of halogens is 1. The van der Waals surface area contributed by atoms with E-state index < -0.39 is 0 Å². The van der Waals surface area contributed by atoms with Gasteiger partial charge < -0.3 is 0 Å². The molecule has 2 aromatic rings. The van der Waals surface area contributed by atoms with Crippen LogP contribution in [0.4, 0.5) is 0 Å². The maximum absolute atomic E-state index is 11.6. The average Bonchev–Trinajstić information content (AvgIpc) is 2.58. The minimum Gasteiger partial charge on any atom is -0.299 e. The monoisotopic (exact) mass is 236 g/mol. The molecule has 0 radical (unpaired) electrons. The van der Waals surface area contributed by atoms with Crippen LogP contribution in [0.2, 0.25) is 5.02 Å². The number of nitrogens with one attached hydrogen (secondary N) is 1. The topological polar surface area (TPSA) is 37.8 Å². The van der Waals surface area contributed by atoms with Gasteiger partial charge in [0.15, 0.2) is 0 Å². The Labute approximate surface area is 98.7 Å². The first-order chi connectivity index (χ1) is 7.58. The molecule has 0 saturated carbocycles. The largest absolute Gasteiger partial charge is 0.299 e. The Bertz CT molecular complexity index is 539. The highest BCUT2D eigenvalue weighted by Crippen LogP contribution is 2.18. The van der Waals surface area contributed by atoms with Crippen LogP contribution < -0.4 is 5.56 Å². The molecule has 4 heteroatoms. The number of aryl methyl sites for hydroxylation is 1. The van der Waals surface area contributed by atoms with Gasteiger partial charge in [-0.25, -0.2) is 4.68 Å². The maximum atomic E-state index is 11.6. The van der Waals surface area contributed by atoms with Gasteiger partial charge in [0.05, 0.1) is 6.04 Å². The molecule has 1 unspecified atom stereocenters. The lowest BCUT2D eigenvalue weighted by Crippen LogP contribution is -2.20. The van der Waals surface area contributed by atoms with Gasteiger partial charge in [-0.05, 0) is 31.5 Å². The summed E-state index contributed by atoms with van der Waals surface area (Å²) in [6.07, 6.45) is 0. The van der Waals surface area contributed by atoms with Crippen LogP contribution in [0, 0.1) is 6.92 Å². The molecule has 3 nitrogen and oxygen atoms in total. The lowest BCUT2D eigenvalue weighted by molar-refractivity contribution is 0.544. The van der Waals surface area contributed by atoms with Gasteiger partial charge in [0.25, 0.3) is 5.56 Å². The van der Waals surface area contributed by atoms with Crippen molar-refractivity contribution in [2.24, 2.45) is 0 Å². The van der Waals surface area contributed by atoms with Crippen LogP contribution in [0.25, 0.3) is 0 Å². The van der Waals surface area contributed by atoms with Crippen molar-refractivity contribution in [3.05, 3.63) is 57.0 Å². The first-order valence-electron chi connectivity index (χ1n) is 5.11. The summed E-state index contributed by atoms with van der Waals surface area (Å²) in [4.78, 5) is 11.6. The standard InChI is InChI=1S/C12H13ClN2O/c1-8-7-12(16)15(14-8)9(2)10-3-5-11(13)6-4-10/h3-7,9,14H,1-2H3. The van der Waals surface area contributed by atoms with Gasteiger partial charge in [0.2, 0.25) is 0 Å². The first kappa shape index (κ1) is 11.0. The Hall–Kier alpha value is -1.48. The summed E-state index contributed by atoms with van der Waals surface area (Å²) in [6, 6.07) is 9.08. The van der Waals surface area contributed by atoms with Gasteiger partial charge in [-0.15, -0.1) is 0 Å². The van der Waals surface area contributed by atoms with E-state index in [1.165, 1.54) is 0 Å². The zero-order chi connectivity index (χ0) is 11.7. The molecule has 1 atom stereocenters. The summed E-state index contributed by atoms with van der Waals surface area (Å²) < 4.78 is 1.61. The predicted molar refractivity (Wildman–Crippen MR) is 65.1 cm³/mol. The Morgan fingerprint density at radius 1 is 1.31 bits per heavy atom. The van der Waals surface area contributed by atoms with Crippen LogP contribution in [0.1, 0.15) is 24.2 Å². The van der Waals surface area contributed by atoms with Crippen LogP contribution in [0.15, 0.2) is 35.1 Å². The molecule has 2 rings (SSSR count). The minimum absolute atomic E-state index is 0.0139. The smallest absolute Gasteiger partial charge is 0.267 e. The van der Waals surface area contributed by atoms with E-state index in [4.69, 9.17) is 11.6 Å². The molecule has 1 aromatic heterocycles. The second-order valence-electron chi connectivity index (χ2n) is 3.87. The van der Waals surface area contributed by atoms with Crippen molar-refractivity contribution in [1.29, 1.82) is 0 Å². The third-order valence-electron chi connectivity index (χ3n) is 2.61. The van der Waals surface area contributed by atoms with Crippen LogP contribution in [0.3, 0.4) is 0 Å². The van der Waals surface area contributed by atoms with E-state index in [1.54, 1.807) is 10.7 Å². The van der Waals surface area contributed by atoms with E-state index in [-0.39, 0.29) is 11.6 Å². The zero-order valence-corrected chi connectivity index (χ0v) is 9.95. The summed E-state index contributed by atoms with van der Waals surface area (Å²) in [5.74, 6) is 0. The fraction of sp³-hybridized carbons (Fsp3) is 0.250. The summed E-state index contributed by atoms with van der Waals surface area (Å²) in [7, 11) is 0. The number of hydrogen-bond acceptors (Lipinski definition) is 1. The molecule has 0 aliphatic rings. The second kappa shape index (κ2) is 4.18. The van der Waals surface area contributed by atoms with Gasteiger partial charge in [-0.2, -0.15) is 0 Å². The van der Waals surface area contributed by atoms with Crippen LogP contribution in [0.5, 0.6) is 0 Å². The third-order valence-corrected chi connectivity index (χ3v) is 2.87. The molecule has 0 aliphatic heterocycles. The normalized spacial score (nSPS) is 12.7. The molecule has 0 fully saturated rings. The molecule has 1 heterocycles. The van der Waals surface area contributed by atoms with Gasteiger partial charge in [-0.3, -0.25) is 9.89 Å². The predicted octanol–water partition coefficient (Wildman–Crippen LogP) is 2.75. The van der Waals surface area contributed by atoms with Gasteiger partial charge >= 0.3 is 0 Å². The van der Waals surface area contributed by atoms with Crippen molar-refractivity contribution < 1.29 is 0 Å².